The van der Waals surface area contributed by atoms with E-state index >= 15 is 0 Å². The minimum Gasteiger partial charge on any atom is -0.496 e. The van der Waals surface area contributed by atoms with Gasteiger partial charge in [0.05, 0.1) is 19.1 Å². The van der Waals surface area contributed by atoms with Crippen LogP contribution in [-0.2, 0) is 9.05 Å². The summed E-state index contributed by atoms with van der Waals surface area (Å²) in [6.07, 6.45) is 0. The summed E-state index contributed by atoms with van der Waals surface area (Å²) in [5, 5.41) is 0. The van der Waals surface area contributed by atoms with Crippen LogP contribution in [0.3, 0.4) is 0 Å². The Balaban J connectivity index is 2.63. The van der Waals surface area contributed by atoms with E-state index in [-0.39, 0.29) is 4.90 Å². The van der Waals surface area contributed by atoms with E-state index in [9.17, 15) is 8.42 Å². The molecule has 0 amide bonds. The van der Waals surface area contributed by atoms with Crippen LogP contribution in [0.2, 0.25) is 0 Å². The molecule has 106 valence electrons. The first kappa shape index (κ1) is 14.7. The van der Waals surface area contributed by atoms with E-state index in [0.717, 1.165) is 11.1 Å². The lowest BCUT2D eigenvalue weighted by molar-refractivity contribution is 0.409. The Hall–Kier alpha value is -1.72. The molecular weight excluding hydrogens is 300 g/mol. The molecule has 0 aliphatic heterocycles. The molecule has 0 bridgehead atoms. The Kier molecular flexibility index (Phi) is 4.20. The van der Waals surface area contributed by atoms with Crippen LogP contribution in [0.25, 0.3) is 11.1 Å². The molecule has 2 rings (SSSR count). The van der Waals surface area contributed by atoms with Crippen molar-refractivity contribution in [3.63, 3.8) is 0 Å². The molecule has 2 aromatic carbocycles. The maximum absolute atomic E-state index is 11.4. The molecular formula is C14H13ClO4S. The lowest BCUT2D eigenvalue weighted by atomic mass is 10.0. The second-order valence-corrected chi connectivity index (χ2v) is 6.57. The zero-order chi connectivity index (χ0) is 14.8. The van der Waals surface area contributed by atoms with Gasteiger partial charge in [-0.3, -0.25) is 0 Å². The number of para-hydroxylation sites is 1. The molecule has 20 heavy (non-hydrogen) atoms. The summed E-state index contributed by atoms with van der Waals surface area (Å²) in [4.78, 5) is -0.00494. The average Bonchev–Trinajstić information content (AvgIpc) is 2.45. The molecule has 0 heterocycles. The summed E-state index contributed by atoms with van der Waals surface area (Å²) in [5.74, 6) is 1.09. The van der Waals surface area contributed by atoms with Gasteiger partial charge < -0.3 is 9.47 Å². The van der Waals surface area contributed by atoms with Crippen LogP contribution in [0, 0.1) is 0 Å². The van der Waals surface area contributed by atoms with Crippen LogP contribution in [0.4, 0.5) is 0 Å². The standard InChI is InChI=1S/C14H13ClO4S/c1-18-13-6-4-3-5-11(13)12-8-7-10(20(15,16)17)9-14(12)19-2/h3-9H,1-2H3. The fourth-order valence-corrected chi connectivity index (χ4v) is 2.68. The van der Waals surface area contributed by atoms with Crippen molar-refractivity contribution in [2.24, 2.45) is 0 Å². The molecule has 0 saturated heterocycles. The van der Waals surface area contributed by atoms with E-state index in [0.29, 0.717) is 11.5 Å². The maximum Gasteiger partial charge on any atom is 0.261 e. The van der Waals surface area contributed by atoms with Crippen molar-refractivity contribution in [3.05, 3.63) is 42.5 Å². The van der Waals surface area contributed by atoms with Crippen LogP contribution in [-0.4, -0.2) is 22.6 Å². The van der Waals surface area contributed by atoms with Gasteiger partial charge in [0.1, 0.15) is 11.5 Å². The minimum absolute atomic E-state index is 0.00494. The van der Waals surface area contributed by atoms with Gasteiger partial charge in [0, 0.05) is 27.9 Å². The average molecular weight is 313 g/mol. The zero-order valence-electron chi connectivity index (χ0n) is 11.0. The molecule has 0 fully saturated rings. The van der Waals surface area contributed by atoms with E-state index in [1.54, 1.807) is 13.2 Å². The molecule has 0 aliphatic rings. The van der Waals surface area contributed by atoms with Crippen LogP contribution in [0.1, 0.15) is 0 Å². The molecule has 0 aromatic heterocycles. The lowest BCUT2D eigenvalue weighted by Gasteiger charge is -2.13. The van der Waals surface area contributed by atoms with Gasteiger partial charge in [-0.1, -0.05) is 18.2 Å². The molecule has 0 aliphatic carbocycles. The first-order chi connectivity index (χ1) is 9.47. The number of ether oxygens (including phenoxy) is 2. The number of rotatable bonds is 4. The number of hydrogen-bond donors (Lipinski definition) is 0. The Morgan fingerprint density at radius 1 is 0.900 bits per heavy atom. The van der Waals surface area contributed by atoms with Gasteiger partial charge in [-0.05, 0) is 18.2 Å². The normalized spacial score (nSPS) is 11.2. The van der Waals surface area contributed by atoms with Crippen molar-refractivity contribution in [1.29, 1.82) is 0 Å². The fraction of sp³-hybridized carbons (Fsp3) is 0.143. The van der Waals surface area contributed by atoms with E-state index in [4.69, 9.17) is 20.2 Å². The third-order valence-electron chi connectivity index (χ3n) is 2.85. The van der Waals surface area contributed by atoms with E-state index in [2.05, 4.69) is 0 Å². The Bertz CT molecular complexity index is 726. The van der Waals surface area contributed by atoms with Crippen LogP contribution in [0.15, 0.2) is 47.4 Å². The molecule has 2 aromatic rings. The molecule has 0 saturated carbocycles. The Morgan fingerprint density at radius 3 is 2.10 bits per heavy atom. The van der Waals surface area contributed by atoms with E-state index in [1.807, 2.05) is 24.3 Å². The smallest absolute Gasteiger partial charge is 0.261 e. The highest BCUT2D eigenvalue weighted by Crippen LogP contribution is 2.37. The van der Waals surface area contributed by atoms with Crippen LogP contribution >= 0.6 is 10.7 Å². The summed E-state index contributed by atoms with van der Waals surface area (Å²) in [7, 11) is 4.59. The highest BCUT2D eigenvalue weighted by atomic mass is 35.7. The van der Waals surface area contributed by atoms with Gasteiger partial charge in [-0.2, -0.15) is 0 Å². The molecule has 0 N–H and O–H groups in total. The Labute approximate surface area is 122 Å². The first-order valence-corrected chi connectivity index (χ1v) is 8.04. The summed E-state index contributed by atoms with van der Waals surface area (Å²) < 4.78 is 33.3. The topological polar surface area (TPSA) is 52.6 Å². The lowest BCUT2D eigenvalue weighted by Crippen LogP contribution is -1.95. The van der Waals surface area contributed by atoms with Crippen LogP contribution < -0.4 is 9.47 Å². The van der Waals surface area contributed by atoms with Crippen molar-refractivity contribution in [1.82, 2.24) is 0 Å². The molecule has 0 radical (unpaired) electrons. The van der Waals surface area contributed by atoms with Gasteiger partial charge in [0.25, 0.3) is 9.05 Å². The maximum atomic E-state index is 11.4. The van der Waals surface area contributed by atoms with Gasteiger partial charge >= 0.3 is 0 Å². The van der Waals surface area contributed by atoms with Gasteiger partial charge in [-0.25, -0.2) is 8.42 Å². The van der Waals surface area contributed by atoms with Crippen molar-refractivity contribution >= 4 is 19.7 Å². The van der Waals surface area contributed by atoms with E-state index in [1.165, 1.54) is 19.2 Å². The van der Waals surface area contributed by atoms with Crippen molar-refractivity contribution < 1.29 is 17.9 Å². The highest BCUT2D eigenvalue weighted by Gasteiger charge is 2.16. The van der Waals surface area contributed by atoms with Gasteiger partial charge in [-0.15, -0.1) is 0 Å². The van der Waals surface area contributed by atoms with E-state index < -0.39 is 9.05 Å². The van der Waals surface area contributed by atoms with Crippen molar-refractivity contribution in [2.45, 2.75) is 4.90 Å². The number of halogens is 1. The molecule has 6 heteroatoms. The van der Waals surface area contributed by atoms with Gasteiger partial charge in [0.2, 0.25) is 0 Å². The summed E-state index contributed by atoms with van der Waals surface area (Å²) in [6.45, 7) is 0. The Morgan fingerprint density at radius 2 is 1.50 bits per heavy atom. The largest absolute Gasteiger partial charge is 0.496 e. The number of benzene rings is 2. The number of hydrogen-bond acceptors (Lipinski definition) is 4. The summed E-state index contributed by atoms with van der Waals surface area (Å²) >= 11 is 0. The summed E-state index contributed by atoms with van der Waals surface area (Å²) in [5.41, 5.74) is 1.54. The quantitative estimate of drug-likeness (QED) is 0.813. The summed E-state index contributed by atoms with van der Waals surface area (Å²) in [6, 6.07) is 11.9. The van der Waals surface area contributed by atoms with Crippen LogP contribution in [0.5, 0.6) is 11.5 Å². The third kappa shape index (κ3) is 2.89. The van der Waals surface area contributed by atoms with Crippen molar-refractivity contribution in [2.75, 3.05) is 14.2 Å². The fourth-order valence-electron chi connectivity index (χ4n) is 1.91. The monoisotopic (exact) mass is 312 g/mol. The second-order valence-electron chi connectivity index (χ2n) is 4.00. The molecule has 0 atom stereocenters. The first-order valence-electron chi connectivity index (χ1n) is 5.73. The van der Waals surface area contributed by atoms with Gasteiger partial charge in [0.15, 0.2) is 0 Å². The SMILES string of the molecule is COc1ccccc1-c1ccc(S(=O)(=O)Cl)cc1OC. The molecule has 4 nitrogen and oxygen atoms in total. The number of methoxy groups -OCH3 is 2. The van der Waals surface area contributed by atoms with Crippen molar-refractivity contribution in [3.8, 4) is 22.6 Å². The molecule has 0 unspecified atom stereocenters. The predicted octanol–water partition coefficient (Wildman–Crippen LogP) is 3.30. The molecule has 0 spiro atoms. The third-order valence-corrected chi connectivity index (χ3v) is 4.20. The predicted molar refractivity (Wildman–Crippen MR) is 78.0 cm³/mol. The second kappa shape index (κ2) is 5.73. The zero-order valence-corrected chi connectivity index (χ0v) is 12.5. The highest BCUT2D eigenvalue weighted by molar-refractivity contribution is 8.13. The minimum atomic E-state index is -3.79.